The molecule has 0 atom stereocenters. The number of nitrogens with zero attached hydrogens (tertiary/aromatic N) is 1. The maximum atomic E-state index is 2.47. The molecule has 0 spiro atoms. The van der Waals surface area contributed by atoms with Crippen molar-refractivity contribution in [3.8, 4) is 55.6 Å². The van der Waals surface area contributed by atoms with E-state index < -0.39 is 0 Å². The van der Waals surface area contributed by atoms with Crippen molar-refractivity contribution < 1.29 is 0 Å². The number of anilines is 3. The molecule has 0 fully saturated rings. The summed E-state index contributed by atoms with van der Waals surface area (Å²) < 4.78 is 0. The van der Waals surface area contributed by atoms with Crippen LogP contribution in [0.5, 0.6) is 0 Å². The predicted molar refractivity (Wildman–Crippen MR) is 261 cm³/mol. The van der Waals surface area contributed by atoms with Crippen molar-refractivity contribution in [2.24, 2.45) is 0 Å². The van der Waals surface area contributed by atoms with Crippen LogP contribution >= 0.6 is 0 Å². The van der Waals surface area contributed by atoms with Gasteiger partial charge in [0.15, 0.2) is 0 Å². The van der Waals surface area contributed by atoms with Gasteiger partial charge in [-0.25, -0.2) is 0 Å². The normalized spacial score (nSPS) is 11.3. The first-order valence-corrected chi connectivity index (χ1v) is 21.0. The predicted octanol–water partition coefficient (Wildman–Crippen LogP) is 17.0. The molecule has 0 heterocycles. The Balaban J connectivity index is 1.13. The maximum absolute atomic E-state index is 2.47. The molecule has 0 N–H and O–H groups in total. The van der Waals surface area contributed by atoms with E-state index in [9.17, 15) is 0 Å². The minimum absolute atomic E-state index is 1.08. The van der Waals surface area contributed by atoms with Gasteiger partial charge in [-0.05, 0) is 126 Å². The topological polar surface area (TPSA) is 3.24 Å². The maximum Gasteiger partial charge on any atom is 0.0546 e. The van der Waals surface area contributed by atoms with E-state index in [1.165, 1.54) is 76.8 Å². The zero-order valence-corrected chi connectivity index (χ0v) is 33.6. The van der Waals surface area contributed by atoms with Crippen LogP contribution in [0.25, 0.3) is 88.0 Å². The number of benzene rings is 11. The van der Waals surface area contributed by atoms with Crippen LogP contribution in [-0.2, 0) is 0 Å². The summed E-state index contributed by atoms with van der Waals surface area (Å²) in [7, 11) is 0. The molecule has 1 heteroatoms. The van der Waals surface area contributed by atoms with Crippen LogP contribution in [0.15, 0.2) is 249 Å². The molecule has 0 aliphatic rings. The Kier molecular flexibility index (Phi) is 9.26. The van der Waals surface area contributed by atoms with Crippen molar-refractivity contribution in [2.45, 2.75) is 0 Å². The third kappa shape index (κ3) is 6.83. The lowest BCUT2D eigenvalue weighted by Crippen LogP contribution is -2.12. The monoisotopic (exact) mass is 775 g/mol. The standard InChI is InChI=1S/C60H41N/c1-4-17-42(18-5-1)49-37-50(43-19-6-2-7-20-43)39-51(38-49)44-31-34-52(35-32-44)61(59-30-16-25-46-23-10-13-27-54(46)59)60-41-48(33-36-55(60)45-21-8-3-9-22-45)58-40-47-24-11-12-26-53(47)56-28-14-15-29-57(56)58/h1-41H. The lowest BCUT2D eigenvalue weighted by atomic mass is 9.91. The lowest BCUT2D eigenvalue weighted by molar-refractivity contribution is 1.30. The molecule has 1 nitrogen and oxygen atoms in total. The molecule has 61 heavy (non-hydrogen) atoms. The van der Waals surface area contributed by atoms with E-state index in [-0.39, 0.29) is 0 Å². The Bertz CT molecular complexity index is 3270. The van der Waals surface area contributed by atoms with Crippen molar-refractivity contribution in [3.63, 3.8) is 0 Å². The number of fused-ring (bicyclic) bond motifs is 4. The molecule has 286 valence electrons. The van der Waals surface area contributed by atoms with Gasteiger partial charge < -0.3 is 4.90 Å². The summed E-state index contributed by atoms with van der Waals surface area (Å²) in [5.74, 6) is 0. The molecule has 0 bridgehead atoms. The summed E-state index contributed by atoms with van der Waals surface area (Å²) in [4.78, 5) is 2.47. The van der Waals surface area contributed by atoms with Crippen LogP contribution in [0.3, 0.4) is 0 Å². The Morgan fingerprint density at radius 1 is 0.213 bits per heavy atom. The van der Waals surface area contributed by atoms with Crippen molar-refractivity contribution >= 4 is 49.4 Å². The minimum Gasteiger partial charge on any atom is -0.309 e. The second kappa shape index (κ2) is 15.6. The Morgan fingerprint density at radius 2 is 0.689 bits per heavy atom. The molecule has 0 aliphatic heterocycles. The van der Waals surface area contributed by atoms with Crippen LogP contribution in [-0.4, -0.2) is 0 Å². The fourth-order valence-corrected chi connectivity index (χ4v) is 9.04. The molecule has 0 saturated heterocycles. The smallest absolute Gasteiger partial charge is 0.0546 e. The van der Waals surface area contributed by atoms with E-state index in [4.69, 9.17) is 0 Å². The second-order valence-corrected chi connectivity index (χ2v) is 15.7. The van der Waals surface area contributed by atoms with Crippen molar-refractivity contribution in [1.29, 1.82) is 0 Å². The quantitative estimate of drug-likeness (QED) is 0.139. The van der Waals surface area contributed by atoms with E-state index >= 15 is 0 Å². The Hall–Kier alpha value is -8.00. The van der Waals surface area contributed by atoms with Gasteiger partial charge in [-0.3, -0.25) is 0 Å². The lowest BCUT2D eigenvalue weighted by Gasteiger charge is -2.30. The molecule has 11 rings (SSSR count). The van der Waals surface area contributed by atoms with Crippen LogP contribution in [0.1, 0.15) is 0 Å². The Morgan fingerprint density at radius 3 is 1.33 bits per heavy atom. The first kappa shape index (κ1) is 36.1. The highest BCUT2D eigenvalue weighted by Gasteiger charge is 2.21. The average Bonchev–Trinajstić information content (AvgIpc) is 3.35. The van der Waals surface area contributed by atoms with Gasteiger partial charge in [0.1, 0.15) is 0 Å². The van der Waals surface area contributed by atoms with Gasteiger partial charge in [0, 0.05) is 16.6 Å². The highest BCUT2D eigenvalue weighted by molar-refractivity contribution is 6.14. The second-order valence-electron chi connectivity index (χ2n) is 15.7. The summed E-state index contributed by atoms with van der Waals surface area (Å²) in [5, 5.41) is 7.40. The highest BCUT2D eigenvalue weighted by Crippen LogP contribution is 2.47. The Labute approximate surface area is 357 Å². The number of hydrogen-bond donors (Lipinski definition) is 0. The van der Waals surface area contributed by atoms with Crippen molar-refractivity contribution in [2.75, 3.05) is 4.90 Å². The fraction of sp³-hybridized carbons (Fsp3) is 0. The van der Waals surface area contributed by atoms with E-state index in [0.29, 0.717) is 0 Å². The van der Waals surface area contributed by atoms with Gasteiger partial charge in [-0.2, -0.15) is 0 Å². The molecule has 0 amide bonds. The molecule has 0 saturated carbocycles. The van der Waals surface area contributed by atoms with E-state index in [0.717, 1.165) is 28.2 Å². The molecule has 0 aliphatic carbocycles. The van der Waals surface area contributed by atoms with Crippen LogP contribution < -0.4 is 4.90 Å². The molecular formula is C60H41N. The van der Waals surface area contributed by atoms with E-state index in [2.05, 4.69) is 254 Å². The highest BCUT2D eigenvalue weighted by atomic mass is 15.1. The van der Waals surface area contributed by atoms with Gasteiger partial charge in [-0.1, -0.05) is 200 Å². The third-order valence-electron chi connectivity index (χ3n) is 12.0. The zero-order chi connectivity index (χ0) is 40.5. The summed E-state index contributed by atoms with van der Waals surface area (Å²) in [6, 6.07) is 90.6. The van der Waals surface area contributed by atoms with Gasteiger partial charge in [0.25, 0.3) is 0 Å². The molecule has 0 aromatic heterocycles. The molecular weight excluding hydrogens is 735 g/mol. The van der Waals surface area contributed by atoms with E-state index in [1.54, 1.807) is 0 Å². The zero-order valence-electron chi connectivity index (χ0n) is 33.6. The molecule has 11 aromatic rings. The summed E-state index contributed by atoms with van der Waals surface area (Å²) in [5.41, 5.74) is 15.2. The fourth-order valence-electron chi connectivity index (χ4n) is 9.04. The average molecular weight is 776 g/mol. The molecule has 0 unspecified atom stereocenters. The van der Waals surface area contributed by atoms with Crippen LogP contribution in [0.2, 0.25) is 0 Å². The number of hydrogen-bond acceptors (Lipinski definition) is 1. The third-order valence-corrected chi connectivity index (χ3v) is 12.0. The first-order valence-electron chi connectivity index (χ1n) is 21.0. The van der Waals surface area contributed by atoms with Gasteiger partial charge in [-0.15, -0.1) is 0 Å². The SMILES string of the molecule is c1ccc(-c2cc(-c3ccccc3)cc(-c3ccc(N(c4cc(-c5cc6ccccc6c6ccccc56)ccc4-c4ccccc4)c4cccc5ccccc45)cc3)c2)cc1. The molecule has 11 aromatic carbocycles. The molecule has 0 radical (unpaired) electrons. The van der Waals surface area contributed by atoms with Crippen molar-refractivity contribution in [1.82, 2.24) is 0 Å². The largest absolute Gasteiger partial charge is 0.309 e. The van der Waals surface area contributed by atoms with Gasteiger partial charge >= 0.3 is 0 Å². The van der Waals surface area contributed by atoms with Gasteiger partial charge in [0.2, 0.25) is 0 Å². The summed E-state index contributed by atoms with van der Waals surface area (Å²) in [6.07, 6.45) is 0. The van der Waals surface area contributed by atoms with Crippen LogP contribution in [0.4, 0.5) is 17.1 Å². The van der Waals surface area contributed by atoms with Gasteiger partial charge in [0.05, 0.1) is 11.4 Å². The van der Waals surface area contributed by atoms with E-state index in [1.807, 2.05) is 0 Å². The minimum atomic E-state index is 1.08. The summed E-state index contributed by atoms with van der Waals surface area (Å²) >= 11 is 0. The first-order chi connectivity index (χ1) is 30.2. The summed E-state index contributed by atoms with van der Waals surface area (Å²) in [6.45, 7) is 0. The van der Waals surface area contributed by atoms with Crippen LogP contribution in [0, 0.1) is 0 Å². The number of rotatable bonds is 8. The van der Waals surface area contributed by atoms with Crippen molar-refractivity contribution in [3.05, 3.63) is 249 Å².